The zero-order valence-corrected chi connectivity index (χ0v) is 16.1. The lowest BCUT2D eigenvalue weighted by Crippen LogP contribution is -2.31. The second kappa shape index (κ2) is 9.13. The number of hydrogen-bond acceptors (Lipinski definition) is 4. The molecule has 0 radical (unpaired) electrons. The minimum absolute atomic E-state index is 0.0792. The van der Waals surface area contributed by atoms with Gasteiger partial charge in [0.1, 0.15) is 0 Å². The highest BCUT2D eigenvalue weighted by atomic mass is 16.5. The topological polar surface area (TPSA) is 48.0 Å². The number of rotatable bonds is 8. The molecule has 5 heteroatoms. The summed E-state index contributed by atoms with van der Waals surface area (Å²) in [5.41, 5.74) is 1.90. The number of amides is 1. The van der Waals surface area contributed by atoms with Crippen LogP contribution in [0.25, 0.3) is 0 Å². The second-order valence-corrected chi connectivity index (χ2v) is 6.06. The fourth-order valence-electron chi connectivity index (χ4n) is 3.13. The molecule has 0 heterocycles. The lowest BCUT2D eigenvalue weighted by atomic mass is 9.95. The number of carbonyl (C=O) groups is 1. The first-order valence-corrected chi connectivity index (χ1v) is 8.65. The van der Waals surface area contributed by atoms with Crippen LogP contribution in [0, 0.1) is 0 Å². The van der Waals surface area contributed by atoms with E-state index in [0.717, 1.165) is 17.5 Å². The zero-order valence-electron chi connectivity index (χ0n) is 16.1. The van der Waals surface area contributed by atoms with Crippen molar-refractivity contribution in [3.63, 3.8) is 0 Å². The molecular formula is C21H27NO4. The van der Waals surface area contributed by atoms with Crippen LogP contribution in [0.1, 0.15) is 30.4 Å². The molecule has 26 heavy (non-hydrogen) atoms. The quantitative estimate of drug-likeness (QED) is 0.720. The first-order chi connectivity index (χ1) is 12.6. The molecular weight excluding hydrogens is 330 g/mol. The second-order valence-electron chi connectivity index (χ2n) is 6.06. The Morgan fingerprint density at radius 2 is 1.62 bits per heavy atom. The monoisotopic (exact) mass is 357 g/mol. The summed E-state index contributed by atoms with van der Waals surface area (Å²) in [7, 11) is 6.55. The molecule has 0 aliphatic heterocycles. The van der Waals surface area contributed by atoms with E-state index in [4.69, 9.17) is 14.2 Å². The highest BCUT2D eigenvalue weighted by molar-refractivity contribution is 5.83. The van der Waals surface area contributed by atoms with Gasteiger partial charge in [0.2, 0.25) is 11.7 Å². The van der Waals surface area contributed by atoms with Gasteiger partial charge in [0, 0.05) is 19.2 Å². The maximum atomic E-state index is 13.0. The van der Waals surface area contributed by atoms with E-state index in [0.29, 0.717) is 23.8 Å². The third-order valence-electron chi connectivity index (χ3n) is 4.48. The molecule has 1 amide bonds. The fourth-order valence-corrected chi connectivity index (χ4v) is 3.13. The Bertz CT molecular complexity index is 730. The summed E-state index contributed by atoms with van der Waals surface area (Å²) in [6, 6.07) is 13.6. The van der Waals surface area contributed by atoms with Gasteiger partial charge < -0.3 is 19.1 Å². The van der Waals surface area contributed by atoms with Crippen LogP contribution in [0.5, 0.6) is 17.2 Å². The molecule has 5 nitrogen and oxygen atoms in total. The molecule has 0 bridgehead atoms. The average molecular weight is 357 g/mol. The summed E-state index contributed by atoms with van der Waals surface area (Å²) >= 11 is 0. The van der Waals surface area contributed by atoms with E-state index < -0.39 is 0 Å². The van der Waals surface area contributed by atoms with Crippen LogP contribution < -0.4 is 14.2 Å². The summed E-state index contributed by atoms with van der Waals surface area (Å²) in [5, 5.41) is 0. The Labute approximate surface area is 155 Å². The summed E-state index contributed by atoms with van der Waals surface area (Å²) in [6.45, 7) is 2.45. The fraction of sp³-hybridized carbons (Fsp3) is 0.381. The van der Waals surface area contributed by atoms with Crippen molar-refractivity contribution in [1.29, 1.82) is 0 Å². The van der Waals surface area contributed by atoms with E-state index >= 15 is 0 Å². The highest BCUT2D eigenvalue weighted by Crippen LogP contribution is 2.40. The van der Waals surface area contributed by atoms with Crippen molar-refractivity contribution in [2.45, 2.75) is 25.8 Å². The Hall–Kier alpha value is -2.69. The molecule has 0 N–H and O–H groups in total. The molecule has 0 fully saturated rings. The van der Waals surface area contributed by atoms with Gasteiger partial charge in [0.25, 0.3) is 0 Å². The highest BCUT2D eigenvalue weighted by Gasteiger charge is 2.24. The molecule has 0 saturated carbocycles. The van der Waals surface area contributed by atoms with Crippen molar-refractivity contribution in [2.75, 3.05) is 28.4 Å². The molecule has 0 aromatic heterocycles. The average Bonchev–Trinajstić information content (AvgIpc) is 2.68. The van der Waals surface area contributed by atoms with E-state index in [2.05, 4.69) is 0 Å². The number of ether oxygens (including phenoxy) is 3. The van der Waals surface area contributed by atoms with E-state index in [1.807, 2.05) is 56.4 Å². The third kappa shape index (κ3) is 4.10. The van der Waals surface area contributed by atoms with Gasteiger partial charge in [-0.3, -0.25) is 4.79 Å². The van der Waals surface area contributed by atoms with E-state index in [1.54, 1.807) is 26.2 Å². The number of methoxy groups -OCH3 is 3. The van der Waals surface area contributed by atoms with Gasteiger partial charge in [-0.2, -0.15) is 0 Å². The van der Waals surface area contributed by atoms with Crippen LogP contribution in [-0.4, -0.2) is 39.2 Å². The van der Waals surface area contributed by atoms with Gasteiger partial charge >= 0.3 is 0 Å². The Morgan fingerprint density at radius 1 is 0.962 bits per heavy atom. The van der Waals surface area contributed by atoms with Crippen LogP contribution in [0.15, 0.2) is 42.5 Å². The molecule has 2 rings (SSSR count). The van der Waals surface area contributed by atoms with Gasteiger partial charge in [-0.1, -0.05) is 37.3 Å². The maximum Gasteiger partial charge on any atom is 0.230 e. The van der Waals surface area contributed by atoms with Crippen molar-refractivity contribution < 1.29 is 19.0 Å². The lowest BCUT2D eigenvalue weighted by molar-refractivity contribution is -0.132. The van der Waals surface area contributed by atoms with Crippen LogP contribution in [0.2, 0.25) is 0 Å². The van der Waals surface area contributed by atoms with Crippen LogP contribution in [-0.2, 0) is 11.3 Å². The smallest absolute Gasteiger partial charge is 0.230 e. The van der Waals surface area contributed by atoms with Crippen LogP contribution >= 0.6 is 0 Å². The molecule has 2 aromatic rings. The van der Waals surface area contributed by atoms with E-state index in [1.165, 1.54) is 0 Å². The van der Waals surface area contributed by atoms with Crippen molar-refractivity contribution in [3.05, 3.63) is 53.6 Å². The number of carbonyl (C=O) groups excluding carboxylic acids is 1. The SMILES string of the molecule is CCC(C(=O)N(C)Cc1ccc(OC)c(OC)c1OC)c1ccccc1. The Morgan fingerprint density at radius 3 is 2.15 bits per heavy atom. The largest absolute Gasteiger partial charge is 0.493 e. The number of likely N-dealkylation sites (N-methyl/N-ethyl adjacent to an activating group) is 1. The molecule has 2 aromatic carbocycles. The summed E-state index contributed by atoms with van der Waals surface area (Å²) in [5.74, 6) is 1.63. The summed E-state index contributed by atoms with van der Waals surface area (Å²) < 4.78 is 16.3. The van der Waals surface area contributed by atoms with Gasteiger partial charge in [0.15, 0.2) is 11.5 Å². The minimum Gasteiger partial charge on any atom is -0.493 e. The molecule has 0 aliphatic carbocycles. The molecule has 0 aliphatic rings. The predicted molar refractivity (Wildman–Crippen MR) is 102 cm³/mol. The van der Waals surface area contributed by atoms with Crippen molar-refractivity contribution >= 4 is 5.91 Å². The number of benzene rings is 2. The van der Waals surface area contributed by atoms with Crippen molar-refractivity contribution in [3.8, 4) is 17.2 Å². The molecule has 140 valence electrons. The Kier molecular flexibility index (Phi) is 6.89. The van der Waals surface area contributed by atoms with E-state index in [-0.39, 0.29) is 11.8 Å². The van der Waals surface area contributed by atoms with Crippen LogP contribution in [0.4, 0.5) is 0 Å². The predicted octanol–water partition coefficient (Wildman–Crippen LogP) is 3.86. The molecule has 0 saturated heterocycles. The lowest BCUT2D eigenvalue weighted by Gasteiger charge is -2.25. The minimum atomic E-state index is -0.160. The maximum absolute atomic E-state index is 13.0. The van der Waals surface area contributed by atoms with Gasteiger partial charge in [-0.05, 0) is 24.1 Å². The standard InChI is InChI=1S/C21H27NO4/c1-6-17(15-10-8-7-9-11-15)21(23)22(2)14-16-12-13-18(24-3)20(26-5)19(16)25-4/h7-13,17H,6,14H2,1-5H3. The first-order valence-electron chi connectivity index (χ1n) is 8.65. The van der Waals surface area contributed by atoms with Crippen LogP contribution in [0.3, 0.4) is 0 Å². The molecule has 1 unspecified atom stereocenters. The Balaban J connectivity index is 2.26. The third-order valence-corrected chi connectivity index (χ3v) is 4.48. The van der Waals surface area contributed by atoms with Crippen molar-refractivity contribution in [1.82, 2.24) is 4.90 Å². The molecule has 1 atom stereocenters. The van der Waals surface area contributed by atoms with Gasteiger partial charge in [-0.15, -0.1) is 0 Å². The molecule has 0 spiro atoms. The van der Waals surface area contributed by atoms with E-state index in [9.17, 15) is 4.79 Å². The summed E-state index contributed by atoms with van der Waals surface area (Å²) in [6.07, 6.45) is 0.746. The summed E-state index contributed by atoms with van der Waals surface area (Å²) in [4.78, 5) is 14.7. The normalized spacial score (nSPS) is 11.6. The number of hydrogen-bond donors (Lipinski definition) is 0. The zero-order chi connectivity index (χ0) is 19.1. The van der Waals surface area contributed by atoms with Gasteiger partial charge in [0.05, 0.1) is 27.2 Å². The first kappa shape index (κ1) is 19.6. The number of nitrogens with zero attached hydrogens (tertiary/aromatic N) is 1. The van der Waals surface area contributed by atoms with Gasteiger partial charge in [-0.25, -0.2) is 0 Å². The van der Waals surface area contributed by atoms with Crippen molar-refractivity contribution in [2.24, 2.45) is 0 Å².